The van der Waals surface area contributed by atoms with Crippen molar-refractivity contribution in [3.63, 3.8) is 0 Å². The molecule has 0 spiro atoms. The summed E-state index contributed by atoms with van der Waals surface area (Å²) in [5.41, 5.74) is 2.13. The van der Waals surface area contributed by atoms with E-state index >= 15 is 0 Å². The highest BCUT2D eigenvalue weighted by molar-refractivity contribution is 5.79. The Balaban J connectivity index is 1.18. The zero-order valence-corrected chi connectivity index (χ0v) is 16.9. The minimum atomic E-state index is -0.597. The molecule has 2 aromatic carbocycles. The third-order valence-electron chi connectivity index (χ3n) is 6.37. The largest absolute Gasteiger partial charge is 0.366 e. The van der Waals surface area contributed by atoms with Crippen LogP contribution in [0, 0.1) is 11.6 Å². The van der Waals surface area contributed by atoms with Crippen LogP contribution in [0.2, 0.25) is 0 Å². The van der Waals surface area contributed by atoms with Gasteiger partial charge in [-0.25, -0.2) is 13.6 Å². The number of ether oxygens (including phenoxy) is 1. The van der Waals surface area contributed by atoms with Crippen LogP contribution < -0.4 is 5.32 Å². The predicted molar refractivity (Wildman–Crippen MR) is 109 cm³/mol. The lowest BCUT2D eigenvalue weighted by atomic mass is 9.90. The van der Waals surface area contributed by atoms with Gasteiger partial charge in [0.25, 0.3) is 0 Å². The molecule has 1 N–H and O–H groups in total. The number of morpholine rings is 1. The Morgan fingerprint density at radius 3 is 2.55 bits per heavy atom. The van der Waals surface area contributed by atoms with Gasteiger partial charge in [0.2, 0.25) is 5.91 Å². The number of fused-ring (bicyclic) bond motifs is 1. The SMILES string of the molecule is O=C1CO[C@@H]2CCN(C(=O)N3CC(c4ccc(-c5ccc(F)cc5F)cc4)C3)C[C@H]2N1. The summed E-state index contributed by atoms with van der Waals surface area (Å²) in [7, 11) is 0. The number of benzene rings is 2. The summed E-state index contributed by atoms with van der Waals surface area (Å²) in [5.74, 6) is -1.09. The van der Waals surface area contributed by atoms with Crippen LogP contribution in [0.3, 0.4) is 0 Å². The second kappa shape index (κ2) is 7.92. The third-order valence-corrected chi connectivity index (χ3v) is 6.37. The molecule has 3 aliphatic rings. The molecule has 3 aliphatic heterocycles. The molecule has 0 radical (unpaired) electrons. The standard InChI is InChI=1S/C23H23F2N3O3/c24-17-5-6-18(19(25)9-17)15-3-1-14(2-4-15)16-10-28(11-16)23(30)27-8-7-21-20(12-27)26-22(29)13-31-21/h1-6,9,16,20-21H,7-8,10-13H2,(H,26,29)/t20-,21-/m1/s1. The molecule has 31 heavy (non-hydrogen) atoms. The molecular formula is C23H23F2N3O3. The summed E-state index contributed by atoms with van der Waals surface area (Å²) >= 11 is 0. The van der Waals surface area contributed by atoms with E-state index < -0.39 is 11.6 Å². The first-order valence-electron chi connectivity index (χ1n) is 10.5. The molecular weight excluding hydrogens is 404 g/mol. The smallest absolute Gasteiger partial charge is 0.320 e. The van der Waals surface area contributed by atoms with Gasteiger partial charge in [0, 0.05) is 43.7 Å². The monoisotopic (exact) mass is 427 g/mol. The summed E-state index contributed by atoms with van der Waals surface area (Å²) < 4.78 is 32.7. The maximum absolute atomic E-state index is 14.0. The van der Waals surface area contributed by atoms with Crippen LogP contribution in [-0.2, 0) is 9.53 Å². The Kier molecular flexibility index (Phi) is 5.09. The molecule has 3 heterocycles. The molecule has 0 bridgehead atoms. The number of carbonyl (C=O) groups is 2. The molecule has 0 aromatic heterocycles. The van der Waals surface area contributed by atoms with E-state index in [-0.39, 0.29) is 36.6 Å². The van der Waals surface area contributed by atoms with Crippen LogP contribution in [0.4, 0.5) is 13.6 Å². The number of amides is 3. The van der Waals surface area contributed by atoms with Gasteiger partial charge in [0.05, 0.1) is 12.1 Å². The van der Waals surface area contributed by atoms with Crippen LogP contribution in [-0.4, -0.2) is 66.7 Å². The number of urea groups is 1. The second-order valence-corrected chi connectivity index (χ2v) is 8.39. The Labute approximate surface area is 178 Å². The van der Waals surface area contributed by atoms with Crippen molar-refractivity contribution in [3.8, 4) is 11.1 Å². The Hall–Kier alpha value is -3.00. The molecule has 0 aliphatic carbocycles. The van der Waals surface area contributed by atoms with E-state index in [9.17, 15) is 18.4 Å². The minimum Gasteiger partial charge on any atom is -0.366 e. The molecule has 162 valence electrons. The van der Waals surface area contributed by atoms with E-state index in [1.54, 1.807) is 4.90 Å². The molecule has 3 saturated heterocycles. The van der Waals surface area contributed by atoms with Gasteiger partial charge in [0.1, 0.15) is 18.2 Å². The highest BCUT2D eigenvalue weighted by Crippen LogP contribution is 2.31. The van der Waals surface area contributed by atoms with Crippen LogP contribution >= 0.6 is 0 Å². The molecule has 3 amide bonds. The minimum absolute atomic E-state index is 0.0143. The Morgan fingerprint density at radius 2 is 1.81 bits per heavy atom. The zero-order chi connectivity index (χ0) is 21.5. The molecule has 2 atom stereocenters. The van der Waals surface area contributed by atoms with E-state index in [4.69, 9.17) is 4.74 Å². The number of rotatable bonds is 2. The number of likely N-dealkylation sites (tertiary alicyclic amines) is 2. The van der Waals surface area contributed by atoms with Gasteiger partial charge < -0.3 is 19.9 Å². The topological polar surface area (TPSA) is 61.9 Å². The molecule has 3 fully saturated rings. The maximum atomic E-state index is 14.0. The van der Waals surface area contributed by atoms with Crippen molar-refractivity contribution in [1.29, 1.82) is 0 Å². The Morgan fingerprint density at radius 1 is 1.03 bits per heavy atom. The quantitative estimate of drug-likeness (QED) is 0.802. The van der Waals surface area contributed by atoms with Crippen molar-refractivity contribution in [1.82, 2.24) is 15.1 Å². The number of halogens is 2. The third kappa shape index (κ3) is 3.87. The summed E-state index contributed by atoms with van der Waals surface area (Å²) in [4.78, 5) is 28.0. The normalized spacial score (nSPS) is 23.7. The van der Waals surface area contributed by atoms with Crippen molar-refractivity contribution < 1.29 is 23.1 Å². The van der Waals surface area contributed by atoms with Gasteiger partial charge in [-0.3, -0.25) is 4.79 Å². The predicted octanol–water partition coefficient (Wildman–Crippen LogP) is 2.74. The molecule has 2 aromatic rings. The molecule has 5 rings (SSSR count). The summed E-state index contributed by atoms with van der Waals surface area (Å²) in [6, 6.07) is 10.9. The lowest BCUT2D eigenvalue weighted by Crippen LogP contribution is -2.63. The van der Waals surface area contributed by atoms with E-state index in [1.807, 2.05) is 29.2 Å². The van der Waals surface area contributed by atoms with E-state index in [1.165, 1.54) is 12.1 Å². The van der Waals surface area contributed by atoms with Gasteiger partial charge in [-0.15, -0.1) is 0 Å². The van der Waals surface area contributed by atoms with Gasteiger partial charge in [-0.05, 0) is 29.7 Å². The first kappa shape index (κ1) is 19.9. The van der Waals surface area contributed by atoms with E-state index in [0.717, 1.165) is 18.1 Å². The highest BCUT2D eigenvalue weighted by Gasteiger charge is 2.40. The number of carbonyl (C=O) groups excluding carboxylic acids is 2. The fourth-order valence-electron chi connectivity index (χ4n) is 4.58. The summed E-state index contributed by atoms with van der Waals surface area (Å²) in [6.45, 7) is 2.42. The lowest BCUT2D eigenvalue weighted by molar-refractivity contribution is -0.139. The van der Waals surface area contributed by atoms with Crippen LogP contribution in [0.1, 0.15) is 17.9 Å². The van der Waals surface area contributed by atoms with Gasteiger partial charge in [-0.2, -0.15) is 0 Å². The van der Waals surface area contributed by atoms with Crippen LogP contribution in [0.15, 0.2) is 42.5 Å². The summed E-state index contributed by atoms with van der Waals surface area (Å²) in [5, 5.41) is 2.91. The van der Waals surface area contributed by atoms with Gasteiger partial charge >= 0.3 is 6.03 Å². The molecule has 6 nitrogen and oxygen atoms in total. The number of nitrogens with zero attached hydrogens (tertiary/aromatic N) is 2. The van der Waals surface area contributed by atoms with Crippen molar-refractivity contribution in [3.05, 3.63) is 59.7 Å². The van der Waals surface area contributed by atoms with Gasteiger partial charge in [0.15, 0.2) is 0 Å². The number of piperidine rings is 1. The van der Waals surface area contributed by atoms with Crippen molar-refractivity contribution in [2.45, 2.75) is 24.5 Å². The van der Waals surface area contributed by atoms with Crippen molar-refractivity contribution in [2.24, 2.45) is 0 Å². The summed E-state index contributed by atoms with van der Waals surface area (Å²) in [6.07, 6.45) is 0.699. The number of nitrogens with one attached hydrogen (secondary N) is 1. The first-order valence-corrected chi connectivity index (χ1v) is 10.5. The molecule has 8 heteroatoms. The van der Waals surface area contributed by atoms with Gasteiger partial charge in [-0.1, -0.05) is 24.3 Å². The average Bonchev–Trinajstić information content (AvgIpc) is 2.73. The zero-order valence-electron chi connectivity index (χ0n) is 16.9. The van der Waals surface area contributed by atoms with E-state index in [2.05, 4.69) is 5.32 Å². The van der Waals surface area contributed by atoms with E-state index in [0.29, 0.717) is 37.3 Å². The fraction of sp³-hybridized carbons (Fsp3) is 0.391. The average molecular weight is 427 g/mol. The lowest BCUT2D eigenvalue weighted by Gasteiger charge is -2.46. The number of hydrogen-bond acceptors (Lipinski definition) is 3. The van der Waals surface area contributed by atoms with Crippen molar-refractivity contribution >= 4 is 11.9 Å². The Bertz CT molecular complexity index is 1010. The van der Waals surface area contributed by atoms with Crippen molar-refractivity contribution in [2.75, 3.05) is 32.8 Å². The van der Waals surface area contributed by atoms with Crippen LogP contribution in [0.25, 0.3) is 11.1 Å². The molecule has 0 unspecified atom stereocenters. The first-order chi connectivity index (χ1) is 15.0. The number of hydrogen-bond donors (Lipinski definition) is 1. The highest BCUT2D eigenvalue weighted by atomic mass is 19.1. The fourth-order valence-corrected chi connectivity index (χ4v) is 4.58. The maximum Gasteiger partial charge on any atom is 0.320 e. The molecule has 0 saturated carbocycles. The second-order valence-electron chi connectivity index (χ2n) is 8.39. The van der Waals surface area contributed by atoms with Crippen LogP contribution in [0.5, 0.6) is 0 Å².